The van der Waals surface area contributed by atoms with Gasteiger partial charge in [-0.2, -0.15) is 0 Å². The molecule has 1 fully saturated rings. The Kier molecular flexibility index (Phi) is 6.61. The number of hydrogen-bond acceptors (Lipinski definition) is 4. The Labute approximate surface area is 165 Å². The van der Waals surface area contributed by atoms with E-state index in [-0.39, 0.29) is 5.78 Å². The average molecular weight is 379 g/mol. The molecule has 1 aliphatic rings. The second kappa shape index (κ2) is 9.33. The van der Waals surface area contributed by atoms with E-state index in [2.05, 4.69) is 26.0 Å². The van der Waals surface area contributed by atoms with E-state index in [1.165, 1.54) is 5.56 Å². The van der Waals surface area contributed by atoms with Crippen molar-refractivity contribution in [1.29, 1.82) is 0 Å². The van der Waals surface area contributed by atoms with Gasteiger partial charge in [0.15, 0.2) is 5.78 Å². The van der Waals surface area contributed by atoms with Crippen LogP contribution in [0.1, 0.15) is 41.3 Å². The molecule has 0 radical (unpaired) electrons. The van der Waals surface area contributed by atoms with E-state index in [4.69, 9.17) is 9.47 Å². The largest absolute Gasteiger partial charge is 0.415 e. The Balaban J connectivity index is 1.57. The Bertz CT molecular complexity index is 832. The lowest BCUT2D eigenvalue weighted by Crippen LogP contribution is -2.42. The van der Waals surface area contributed by atoms with Crippen LogP contribution >= 0.6 is 0 Å². The third-order valence-corrected chi connectivity index (χ3v) is 4.64. The molecule has 1 aliphatic heterocycles. The molecule has 5 heteroatoms. The molecule has 2 aromatic carbocycles. The standard InChI is InChI=1S/C23H25NO4/c1-17(2)19-6-3-18(4-7-19)5-12-22(25)20-8-10-21(11-9-20)28-23(26)24-13-15-27-16-14-24/h3-12,17H,13-16H2,1-2H3/b12-5+. The molecule has 0 atom stereocenters. The van der Waals surface area contributed by atoms with Crippen LogP contribution in [-0.2, 0) is 4.74 Å². The summed E-state index contributed by atoms with van der Waals surface area (Å²) >= 11 is 0. The van der Waals surface area contributed by atoms with E-state index in [0.29, 0.717) is 43.5 Å². The number of ketones is 1. The van der Waals surface area contributed by atoms with Crippen LogP contribution in [0.2, 0.25) is 0 Å². The number of nitrogens with zero attached hydrogens (tertiary/aromatic N) is 1. The summed E-state index contributed by atoms with van der Waals surface area (Å²) in [7, 11) is 0. The number of benzene rings is 2. The lowest BCUT2D eigenvalue weighted by atomic mass is 10.0. The Hall–Kier alpha value is -2.92. The lowest BCUT2D eigenvalue weighted by Gasteiger charge is -2.25. The minimum Gasteiger partial charge on any atom is -0.410 e. The van der Waals surface area contributed by atoms with Crippen LogP contribution in [0.5, 0.6) is 5.75 Å². The number of carbonyl (C=O) groups is 2. The summed E-state index contributed by atoms with van der Waals surface area (Å²) in [6.07, 6.45) is 2.96. The summed E-state index contributed by atoms with van der Waals surface area (Å²) in [6, 6.07) is 14.8. The van der Waals surface area contributed by atoms with Gasteiger partial charge in [0, 0.05) is 18.7 Å². The second-order valence-corrected chi connectivity index (χ2v) is 7.01. The van der Waals surface area contributed by atoms with E-state index in [9.17, 15) is 9.59 Å². The van der Waals surface area contributed by atoms with Crippen molar-refractivity contribution < 1.29 is 19.1 Å². The van der Waals surface area contributed by atoms with E-state index in [1.807, 2.05) is 12.1 Å². The van der Waals surface area contributed by atoms with Gasteiger partial charge in [-0.1, -0.05) is 44.2 Å². The molecular formula is C23H25NO4. The Morgan fingerprint density at radius 3 is 2.25 bits per heavy atom. The summed E-state index contributed by atoms with van der Waals surface area (Å²) in [4.78, 5) is 26.0. The molecule has 0 unspecified atom stereocenters. The van der Waals surface area contributed by atoms with Gasteiger partial charge in [-0.25, -0.2) is 4.79 Å². The summed E-state index contributed by atoms with van der Waals surface area (Å²) in [5, 5.41) is 0. The fourth-order valence-electron chi connectivity index (χ4n) is 2.86. The van der Waals surface area contributed by atoms with Crippen LogP contribution in [-0.4, -0.2) is 43.1 Å². The van der Waals surface area contributed by atoms with E-state index < -0.39 is 6.09 Å². The van der Waals surface area contributed by atoms with Gasteiger partial charge in [0.2, 0.25) is 0 Å². The quantitative estimate of drug-likeness (QED) is 0.565. The Morgan fingerprint density at radius 2 is 1.64 bits per heavy atom. The highest BCUT2D eigenvalue weighted by Gasteiger charge is 2.18. The van der Waals surface area contributed by atoms with Crippen LogP contribution in [0, 0.1) is 0 Å². The summed E-state index contributed by atoms with van der Waals surface area (Å²) in [5.41, 5.74) is 2.79. The first-order chi connectivity index (χ1) is 13.5. The van der Waals surface area contributed by atoms with Gasteiger partial charge < -0.3 is 14.4 Å². The monoisotopic (exact) mass is 379 g/mol. The molecule has 0 saturated carbocycles. The zero-order valence-corrected chi connectivity index (χ0v) is 16.3. The minimum absolute atomic E-state index is 0.0982. The second-order valence-electron chi connectivity index (χ2n) is 7.01. The highest BCUT2D eigenvalue weighted by atomic mass is 16.6. The van der Waals surface area contributed by atoms with Gasteiger partial charge in [0.1, 0.15) is 5.75 Å². The van der Waals surface area contributed by atoms with Crippen molar-refractivity contribution in [1.82, 2.24) is 4.90 Å². The number of allylic oxidation sites excluding steroid dienone is 1. The molecule has 5 nitrogen and oxygen atoms in total. The number of hydrogen-bond donors (Lipinski definition) is 0. The van der Waals surface area contributed by atoms with Crippen LogP contribution in [0.15, 0.2) is 54.6 Å². The van der Waals surface area contributed by atoms with Crippen LogP contribution in [0.25, 0.3) is 6.08 Å². The van der Waals surface area contributed by atoms with Crippen LogP contribution < -0.4 is 4.74 Å². The van der Waals surface area contributed by atoms with Gasteiger partial charge in [-0.3, -0.25) is 4.79 Å². The van der Waals surface area contributed by atoms with Gasteiger partial charge in [0.05, 0.1) is 13.2 Å². The highest BCUT2D eigenvalue weighted by molar-refractivity contribution is 6.06. The van der Waals surface area contributed by atoms with E-state index in [0.717, 1.165) is 5.56 Å². The van der Waals surface area contributed by atoms with Crippen molar-refractivity contribution in [2.24, 2.45) is 0 Å². The average Bonchev–Trinajstić information content (AvgIpc) is 2.73. The number of amides is 1. The first-order valence-electron chi connectivity index (χ1n) is 9.50. The third kappa shape index (κ3) is 5.30. The maximum Gasteiger partial charge on any atom is 0.415 e. The summed E-state index contributed by atoms with van der Waals surface area (Å²) in [5.74, 6) is 0.802. The first-order valence-corrected chi connectivity index (χ1v) is 9.50. The molecular weight excluding hydrogens is 354 g/mol. The van der Waals surface area contributed by atoms with Crippen molar-refractivity contribution in [2.45, 2.75) is 19.8 Å². The van der Waals surface area contributed by atoms with Crippen LogP contribution in [0.4, 0.5) is 4.79 Å². The van der Waals surface area contributed by atoms with Gasteiger partial charge >= 0.3 is 6.09 Å². The van der Waals surface area contributed by atoms with Crippen molar-refractivity contribution in [3.63, 3.8) is 0 Å². The molecule has 1 saturated heterocycles. The molecule has 0 bridgehead atoms. The normalized spacial score (nSPS) is 14.5. The maximum absolute atomic E-state index is 12.4. The SMILES string of the molecule is CC(C)c1ccc(/C=C/C(=O)c2ccc(OC(=O)N3CCOCC3)cc2)cc1. The molecule has 146 valence electrons. The highest BCUT2D eigenvalue weighted by Crippen LogP contribution is 2.17. The smallest absolute Gasteiger partial charge is 0.410 e. The van der Waals surface area contributed by atoms with Crippen molar-refractivity contribution >= 4 is 18.0 Å². The molecule has 1 heterocycles. The molecule has 0 aliphatic carbocycles. The van der Waals surface area contributed by atoms with Crippen LogP contribution in [0.3, 0.4) is 0 Å². The molecule has 0 spiro atoms. The van der Waals surface area contributed by atoms with Crippen molar-refractivity contribution in [3.05, 3.63) is 71.3 Å². The minimum atomic E-state index is -0.396. The first kappa shape index (κ1) is 19.8. The maximum atomic E-state index is 12.4. The predicted molar refractivity (Wildman–Crippen MR) is 109 cm³/mol. The third-order valence-electron chi connectivity index (χ3n) is 4.64. The van der Waals surface area contributed by atoms with Crippen molar-refractivity contribution in [3.8, 4) is 5.75 Å². The van der Waals surface area contributed by atoms with Gasteiger partial charge in [0.25, 0.3) is 0 Å². The molecule has 0 N–H and O–H groups in total. The van der Waals surface area contributed by atoms with E-state index >= 15 is 0 Å². The molecule has 0 aromatic heterocycles. The molecule has 1 amide bonds. The molecule has 3 rings (SSSR count). The van der Waals surface area contributed by atoms with E-state index in [1.54, 1.807) is 41.3 Å². The summed E-state index contributed by atoms with van der Waals surface area (Å²) < 4.78 is 10.6. The van der Waals surface area contributed by atoms with Gasteiger partial charge in [-0.15, -0.1) is 0 Å². The topological polar surface area (TPSA) is 55.8 Å². The summed E-state index contributed by atoms with van der Waals surface area (Å²) in [6.45, 7) is 6.40. The van der Waals surface area contributed by atoms with Gasteiger partial charge in [-0.05, 0) is 47.4 Å². The fraction of sp³-hybridized carbons (Fsp3) is 0.304. The number of rotatable bonds is 5. The zero-order valence-electron chi connectivity index (χ0n) is 16.3. The Morgan fingerprint density at radius 1 is 1.00 bits per heavy atom. The number of morpholine rings is 1. The fourth-order valence-corrected chi connectivity index (χ4v) is 2.86. The van der Waals surface area contributed by atoms with Crippen molar-refractivity contribution in [2.75, 3.05) is 26.3 Å². The predicted octanol–water partition coefficient (Wildman–Crippen LogP) is 4.54. The molecule has 28 heavy (non-hydrogen) atoms. The zero-order chi connectivity index (χ0) is 19.9. The number of carbonyl (C=O) groups excluding carboxylic acids is 2. The number of ether oxygens (including phenoxy) is 2. The molecule has 2 aromatic rings. The lowest BCUT2D eigenvalue weighted by molar-refractivity contribution is 0.0416.